The first-order chi connectivity index (χ1) is 10.5. The zero-order chi connectivity index (χ0) is 17.9. The second kappa shape index (κ2) is 10.3. The predicted molar refractivity (Wildman–Crippen MR) is 98.0 cm³/mol. The van der Waals surface area contributed by atoms with Gasteiger partial charge in [-0.3, -0.25) is 9.59 Å². The maximum absolute atomic E-state index is 11.4. The normalized spacial score (nSPS) is 10.7. The number of ether oxygens (including phenoxy) is 2. The van der Waals surface area contributed by atoms with Gasteiger partial charge >= 0.3 is 11.9 Å². The van der Waals surface area contributed by atoms with E-state index >= 15 is 0 Å². The summed E-state index contributed by atoms with van der Waals surface area (Å²) in [7, 11) is -2.76. The number of rotatable bonds is 6. The van der Waals surface area contributed by atoms with Gasteiger partial charge in [-0.15, -0.1) is 22.9 Å². The summed E-state index contributed by atoms with van der Waals surface area (Å²) in [6, 6.07) is 0. The Balaban J connectivity index is 3.83. The zero-order valence-corrected chi connectivity index (χ0v) is 17.2. The highest BCUT2D eigenvalue weighted by Gasteiger charge is 2.12. The van der Waals surface area contributed by atoms with Crippen LogP contribution in [0.25, 0.3) is 0 Å². The van der Waals surface area contributed by atoms with Crippen molar-refractivity contribution in [3.63, 3.8) is 0 Å². The Morgan fingerprint density at radius 2 is 1.09 bits per heavy atom. The van der Waals surface area contributed by atoms with Crippen LogP contribution in [0.4, 0.5) is 0 Å². The summed E-state index contributed by atoms with van der Waals surface area (Å²) in [5, 5.41) is 0. The highest BCUT2D eigenvalue weighted by molar-refractivity contribution is 6.84. The van der Waals surface area contributed by atoms with Crippen LogP contribution in [0.2, 0.25) is 39.3 Å². The van der Waals surface area contributed by atoms with Crippen LogP contribution < -0.4 is 0 Å². The Morgan fingerprint density at radius 1 is 0.739 bits per heavy atom. The van der Waals surface area contributed by atoms with E-state index in [1.165, 1.54) is 0 Å². The van der Waals surface area contributed by atoms with E-state index in [4.69, 9.17) is 9.47 Å². The number of hydrogen-bond donors (Lipinski definition) is 0. The molecular weight excluding hydrogens is 324 g/mol. The molecular formula is C17H28O4Si2. The van der Waals surface area contributed by atoms with E-state index in [2.05, 4.69) is 62.2 Å². The Kier molecular flexibility index (Phi) is 9.63. The van der Waals surface area contributed by atoms with Crippen molar-refractivity contribution < 1.29 is 19.1 Å². The van der Waals surface area contributed by atoms with Crippen LogP contribution in [0, 0.1) is 22.9 Å². The van der Waals surface area contributed by atoms with E-state index in [1.807, 2.05) is 0 Å². The Bertz CT molecular complexity index is 471. The minimum atomic E-state index is -1.38. The van der Waals surface area contributed by atoms with Gasteiger partial charge in [-0.05, 0) is 0 Å². The molecule has 0 aliphatic carbocycles. The van der Waals surface area contributed by atoms with Crippen molar-refractivity contribution in [3.8, 4) is 22.9 Å². The maximum atomic E-state index is 11.4. The van der Waals surface area contributed by atoms with Gasteiger partial charge in [0.15, 0.2) is 0 Å². The number of carbonyl (C=O) groups excluding carboxylic acids is 2. The third-order valence-corrected chi connectivity index (χ3v) is 4.05. The van der Waals surface area contributed by atoms with Gasteiger partial charge in [0.1, 0.15) is 35.8 Å². The molecule has 0 spiro atoms. The molecule has 0 saturated carbocycles. The van der Waals surface area contributed by atoms with E-state index < -0.39 is 28.1 Å². The minimum Gasteiger partial charge on any atom is -0.464 e. The van der Waals surface area contributed by atoms with Gasteiger partial charge in [-0.2, -0.15) is 0 Å². The first-order valence-corrected chi connectivity index (χ1v) is 14.8. The summed E-state index contributed by atoms with van der Waals surface area (Å²) in [6.07, 6.45) is 0.636. The van der Waals surface area contributed by atoms with E-state index in [9.17, 15) is 9.59 Å². The number of carbonyl (C=O) groups is 2. The van der Waals surface area contributed by atoms with Gasteiger partial charge in [0.25, 0.3) is 0 Å². The second-order valence-corrected chi connectivity index (χ2v) is 16.7. The van der Waals surface area contributed by atoms with Crippen molar-refractivity contribution in [2.45, 2.75) is 58.5 Å². The Morgan fingerprint density at radius 3 is 1.39 bits per heavy atom. The molecule has 0 aromatic carbocycles. The van der Waals surface area contributed by atoms with Crippen molar-refractivity contribution in [1.82, 2.24) is 0 Å². The molecule has 6 heteroatoms. The number of esters is 2. The standard InChI is InChI=1S/C17H28O4Si2/c1-22(2,3)13-9-7-11-20-16(18)15-17(19)21-12-8-10-14-23(4,5)6/h7-8,11-12,15H2,1-6H3. The van der Waals surface area contributed by atoms with Gasteiger partial charge in [0.05, 0.1) is 0 Å². The average molecular weight is 353 g/mol. The third kappa shape index (κ3) is 16.7. The van der Waals surface area contributed by atoms with Crippen molar-refractivity contribution in [1.29, 1.82) is 0 Å². The molecule has 0 rings (SSSR count). The van der Waals surface area contributed by atoms with Crippen LogP contribution in [0.1, 0.15) is 19.3 Å². The molecule has 23 heavy (non-hydrogen) atoms. The van der Waals surface area contributed by atoms with Crippen LogP contribution in [0.5, 0.6) is 0 Å². The van der Waals surface area contributed by atoms with Gasteiger partial charge in [-0.25, -0.2) is 0 Å². The summed E-state index contributed by atoms with van der Waals surface area (Å²) in [6.45, 7) is 13.3. The van der Waals surface area contributed by atoms with Crippen molar-refractivity contribution in [2.75, 3.05) is 13.2 Å². The molecule has 0 N–H and O–H groups in total. The number of hydrogen-bond acceptors (Lipinski definition) is 4. The topological polar surface area (TPSA) is 52.6 Å². The molecule has 0 unspecified atom stereocenters. The molecule has 0 atom stereocenters. The fraction of sp³-hybridized carbons (Fsp3) is 0.647. The van der Waals surface area contributed by atoms with E-state index in [1.54, 1.807) is 0 Å². The molecule has 4 nitrogen and oxygen atoms in total. The predicted octanol–water partition coefficient (Wildman–Crippen LogP) is 3.00. The van der Waals surface area contributed by atoms with Crippen LogP contribution >= 0.6 is 0 Å². The molecule has 0 bridgehead atoms. The van der Waals surface area contributed by atoms with Crippen LogP contribution in [-0.4, -0.2) is 41.3 Å². The molecule has 0 aliphatic rings. The highest BCUT2D eigenvalue weighted by Crippen LogP contribution is 1.98. The average Bonchev–Trinajstić information content (AvgIpc) is 2.35. The molecule has 0 aliphatic heterocycles. The fourth-order valence-electron chi connectivity index (χ4n) is 1.31. The summed E-state index contributed by atoms with van der Waals surface area (Å²) in [5.74, 6) is 4.86. The van der Waals surface area contributed by atoms with Crippen LogP contribution in [0.3, 0.4) is 0 Å². The lowest BCUT2D eigenvalue weighted by Crippen LogP contribution is -2.17. The minimum absolute atomic E-state index is 0.214. The van der Waals surface area contributed by atoms with Gasteiger partial charge in [-0.1, -0.05) is 39.3 Å². The fourth-order valence-corrected chi connectivity index (χ4v) is 2.62. The molecule has 0 aromatic heterocycles. The summed E-state index contributed by atoms with van der Waals surface area (Å²) >= 11 is 0. The third-order valence-electron chi connectivity index (χ3n) is 2.20. The monoisotopic (exact) mass is 352 g/mol. The first kappa shape index (κ1) is 21.5. The van der Waals surface area contributed by atoms with Crippen molar-refractivity contribution in [3.05, 3.63) is 0 Å². The summed E-state index contributed by atoms with van der Waals surface area (Å²) in [4.78, 5) is 22.9. The Labute approximate surface area is 142 Å². The van der Waals surface area contributed by atoms with Crippen LogP contribution in [0.15, 0.2) is 0 Å². The van der Waals surface area contributed by atoms with Gasteiger partial charge in [0.2, 0.25) is 0 Å². The van der Waals surface area contributed by atoms with Gasteiger partial charge in [0, 0.05) is 12.8 Å². The van der Waals surface area contributed by atoms with Gasteiger partial charge < -0.3 is 9.47 Å². The molecule has 0 saturated heterocycles. The lowest BCUT2D eigenvalue weighted by atomic mass is 10.4. The van der Waals surface area contributed by atoms with Crippen LogP contribution in [-0.2, 0) is 19.1 Å². The first-order valence-electron chi connectivity index (χ1n) is 7.81. The quantitative estimate of drug-likeness (QED) is 0.242. The summed E-state index contributed by atoms with van der Waals surface area (Å²) in [5.41, 5.74) is 6.37. The summed E-state index contributed by atoms with van der Waals surface area (Å²) < 4.78 is 9.90. The lowest BCUT2D eigenvalue weighted by molar-refractivity contribution is -0.154. The molecule has 0 radical (unpaired) electrons. The SMILES string of the molecule is C[Si](C)(C)C#CCCOC(=O)CC(=O)OCCC#C[Si](C)(C)C. The molecule has 0 aromatic rings. The molecule has 128 valence electrons. The van der Waals surface area contributed by atoms with Crippen molar-refractivity contribution in [2.24, 2.45) is 0 Å². The Hall–Kier alpha value is -1.51. The molecule has 0 amide bonds. The largest absolute Gasteiger partial charge is 0.464 e. The highest BCUT2D eigenvalue weighted by atomic mass is 28.3. The van der Waals surface area contributed by atoms with Crippen molar-refractivity contribution >= 4 is 28.1 Å². The molecule has 0 fully saturated rings. The maximum Gasteiger partial charge on any atom is 0.317 e. The van der Waals surface area contributed by atoms with E-state index in [0.717, 1.165) is 0 Å². The van der Waals surface area contributed by atoms with E-state index in [-0.39, 0.29) is 19.6 Å². The zero-order valence-electron chi connectivity index (χ0n) is 15.2. The smallest absolute Gasteiger partial charge is 0.317 e. The second-order valence-electron chi connectivity index (χ2n) is 7.22. The lowest BCUT2D eigenvalue weighted by Gasteiger charge is -2.05. The molecule has 0 heterocycles. The van der Waals surface area contributed by atoms with E-state index in [0.29, 0.717) is 12.8 Å².